The van der Waals surface area contributed by atoms with Crippen LogP contribution in [0.15, 0.2) is 27.2 Å². The monoisotopic (exact) mass is 274 g/mol. The van der Waals surface area contributed by atoms with E-state index in [0.717, 1.165) is 10.6 Å². The maximum absolute atomic E-state index is 11.8. The molecule has 0 saturated heterocycles. The van der Waals surface area contributed by atoms with E-state index in [4.69, 9.17) is 0 Å². The summed E-state index contributed by atoms with van der Waals surface area (Å²) in [7, 11) is -3.38. The van der Waals surface area contributed by atoms with Crippen LogP contribution in [0, 0.1) is 6.92 Å². The Bertz CT molecular complexity index is 557. The molecule has 0 spiro atoms. The van der Waals surface area contributed by atoms with Crippen LogP contribution in [0.3, 0.4) is 0 Å². The molecule has 16 heavy (non-hydrogen) atoms. The minimum atomic E-state index is -3.38. The average Bonchev–Trinajstić information content (AvgIpc) is 2.85. The maximum atomic E-state index is 11.8. The Hall–Kier alpha value is -0.760. The summed E-state index contributed by atoms with van der Waals surface area (Å²) in [6, 6.07) is 3.41. The molecule has 86 valence electrons. The molecule has 2 aromatic heterocycles. The number of nitrogens with one attached hydrogen (secondary N) is 1. The molecule has 0 fully saturated rings. The van der Waals surface area contributed by atoms with E-state index >= 15 is 0 Å². The van der Waals surface area contributed by atoms with Gasteiger partial charge in [0, 0.05) is 10.3 Å². The molecule has 7 heteroatoms. The number of rotatable bonds is 4. The lowest BCUT2D eigenvalue weighted by molar-refractivity contribution is 0.583. The van der Waals surface area contributed by atoms with E-state index in [0.29, 0.717) is 4.21 Å². The molecule has 2 aromatic rings. The number of aromatic nitrogens is 1. The van der Waals surface area contributed by atoms with Gasteiger partial charge in [0.05, 0.1) is 17.7 Å². The minimum Gasteiger partial charge on any atom is -0.248 e. The molecular formula is C9H10N2O2S3. The van der Waals surface area contributed by atoms with E-state index in [1.54, 1.807) is 17.6 Å². The molecule has 2 heterocycles. The fourth-order valence-corrected chi connectivity index (χ4v) is 4.01. The molecule has 0 aromatic carbocycles. The SMILES string of the molecule is Cc1ccc(S(=O)(=O)NCc2cscn2)s1. The summed E-state index contributed by atoms with van der Waals surface area (Å²) in [6.45, 7) is 2.12. The first-order chi connectivity index (χ1) is 7.58. The van der Waals surface area contributed by atoms with Crippen LogP contribution in [0.1, 0.15) is 10.6 Å². The molecule has 0 bridgehead atoms. The van der Waals surface area contributed by atoms with Crippen LogP contribution in [0.2, 0.25) is 0 Å². The first kappa shape index (κ1) is 11.7. The highest BCUT2D eigenvalue weighted by Crippen LogP contribution is 2.20. The third kappa shape index (κ3) is 2.67. The zero-order valence-corrected chi connectivity index (χ0v) is 11.0. The topological polar surface area (TPSA) is 59.1 Å². The highest BCUT2D eigenvalue weighted by Gasteiger charge is 2.15. The van der Waals surface area contributed by atoms with Crippen molar-refractivity contribution in [3.05, 3.63) is 33.6 Å². The molecule has 0 aliphatic heterocycles. The number of hydrogen-bond donors (Lipinski definition) is 1. The third-order valence-corrected chi connectivity index (χ3v) is 5.44. The van der Waals surface area contributed by atoms with Gasteiger partial charge in [0.15, 0.2) is 0 Å². The van der Waals surface area contributed by atoms with Crippen LogP contribution in [0.5, 0.6) is 0 Å². The third-order valence-electron chi connectivity index (χ3n) is 1.91. The molecule has 0 unspecified atom stereocenters. The highest BCUT2D eigenvalue weighted by atomic mass is 32.2. The van der Waals surface area contributed by atoms with E-state index in [-0.39, 0.29) is 6.54 Å². The van der Waals surface area contributed by atoms with Gasteiger partial charge in [0.25, 0.3) is 0 Å². The van der Waals surface area contributed by atoms with E-state index in [9.17, 15) is 8.42 Å². The summed E-state index contributed by atoms with van der Waals surface area (Å²) in [4.78, 5) is 4.99. The summed E-state index contributed by atoms with van der Waals surface area (Å²) in [5, 5.41) is 1.82. The van der Waals surface area contributed by atoms with Crippen molar-refractivity contribution < 1.29 is 8.42 Å². The predicted molar refractivity (Wildman–Crippen MR) is 65.2 cm³/mol. The van der Waals surface area contributed by atoms with Gasteiger partial charge in [-0.2, -0.15) is 0 Å². The smallest absolute Gasteiger partial charge is 0.248 e. The van der Waals surface area contributed by atoms with Gasteiger partial charge >= 0.3 is 0 Å². The summed E-state index contributed by atoms with van der Waals surface area (Å²) >= 11 is 2.71. The van der Waals surface area contributed by atoms with Gasteiger partial charge in [-0.05, 0) is 19.1 Å². The lowest BCUT2D eigenvalue weighted by Crippen LogP contribution is -2.22. The number of thiophene rings is 1. The van der Waals surface area contributed by atoms with Crippen molar-refractivity contribution in [3.63, 3.8) is 0 Å². The second-order valence-electron chi connectivity index (χ2n) is 3.17. The highest BCUT2D eigenvalue weighted by molar-refractivity contribution is 7.91. The van der Waals surface area contributed by atoms with Gasteiger partial charge in [-0.1, -0.05) is 0 Å². The van der Waals surface area contributed by atoms with Crippen molar-refractivity contribution in [3.8, 4) is 0 Å². The maximum Gasteiger partial charge on any atom is 0.250 e. The van der Waals surface area contributed by atoms with Crippen molar-refractivity contribution in [2.45, 2.75) is 17.7 Å². The summed E-state index contributed by atoms with van der Waals surface area (Å²) in [5.41, 5.74) is 2.42. The van der Waals surface area contributed by atoms with Gasteiger partial charge in [-0.25, -0.2) is 18.1 Å². The van der Waals surface area contributed by atoms with Crippen LogP contribution in [0.4, 0.5) is 0 Å². The molecule has 0 radical (unpaired) electrons. The Kier molecular flexibility index (Phi) is 3.38. The Morgan fingerprint density at radius 2 is 2.25 bits per heavy atom. The summed E-state index contributed by atoms with van der Waals surface area (Å²) < 4.78 is 26.5. The predicted octanol–water partition coefficient (Wildman–Crippen LogP) is 1.99. The Balaban J connectivity index is 2.09. The molecule has 0 aliphatic carbocycles. The first-order valence-electron chi connectivity index (χ1n) is 4.51. The molecule has 2 rings (SSSR count). The minimum absolute atomic E-state index is 0.239. The fraction of sp³-hybridized carbons (Fsp3) is 0.222. The van der Waals surface area contributed by atoms with Crippen molar-refractivity contribution in [2.24, 2.45) is 0 Å². The second-order valence-corrected chi connectivity index (χ2v) is 7.17. The number of hydrogen-bond acceptors (Lipinski definition) is 5. The van der Waals surface area contributed by atoms with Gasteiger partial charge in [0.1, 0.15) is 4.21 Å². The van der Waals surface area contributed by atoms with Gasteiger partial charge < -0.3 is 0 Å². The van der Waals surface area contributed by atoms with Crippen molar-refractivity contribution in [2.75, 3.05) is 0 Å². The molecular weight excluding hydrogens is 264 g/mol. The molecule has 0 saturated carbocycles. The van der Waals surface area contributed by atoms with E-state index in [1.165, 1.54) is 22.7 Å². The van der Waals surface area contributed by atoms with Gasteiger partial charge in [-0.15, -0.1) is 22.7 Å². The zero-order chi connectivity index (χ0) is 11.6. The van der Waals surface area contributed by atoms with E-state index in [1.807, 2.05) is 12.3 Å². The summed E-state index contributed by atoms with van der Waals surface area (Å²) in [6.07, 6.45) is 0. The molecule has 4 nitrogen and oxygen atoms in total. The van der Waals surface area contributed by atoms with Gasteiger partial charge in [-0.3, -0.25) is 0 Å². The first-order valence-corrected chi connectivity index (χ1v) is 7.75. The number of aryl methyl sites for hydroxylation is 1. The standard InChI is InChI=1S/C9H10N2O2S3/c1-7-2-3-9(15-7)16(12,13)11-4-8-5-14-6-10-8/h2-3,5-6,11H,4H2,1H3. The fourth-order valence-electron chi connectivity index (χ4n) is 1.12. The van der Waals surface area contributed by atoms with E-state index in [2.05, 4.69) is 9.71 Å². The Morgan fingerprint density at radius 3 is 2.81 bits per heavy atom. The van der Waals surface area contributed by atoms with E-state index < -0.39 is 10.0 Å². The largest absolute Gasteiger partial charge is 0.250 e. The van der Waals surface area contributed by atoms with Crippen LogP contribution >= 0.6 is 22.7 Å². The Labute approximate surface area is 102 Å². The number of nitrogens with zero attached hydrogens (tertiary/aromatic N) is 1. The van der Waals surface area contributed by atoms with Crippen molar-refractivity contribution in [1.82, 2.24) is 9.71 Å². The lowest BCUT2D eigenvalue weighted by Gasteiger charge is -2.01. The molecule has 0 atom stereocenters. The number of thiazole rings is 1. The normalized spacial score (nSPS) is 11.8. The van der Waals surface area contributed by atoms with Crippen LogP contribution in [-0.2, 0) is 16.6 Å². The average molecular weight is 274 g/mol. The zero-order valence-electron chi connectivity index (χ0n) is 8.50. The molecule has 1 N–H and O–H groups in total. The van der Waals surface area contributed by atoms with Crippen LogP contribution in [-0.4, -0.2) is 13.4 Å². The number of sulfonamides is 1. The Morgan fingerprint density at radius 1 is 1.44 bits per heavy atom. The molecule has 0 aliphatic rings. The van der Waals surface area contributed by atoms with Crippen molar-refractivity contribution in [1.29, 1.82) is 0 Å². The lowest BCUT2D eigenvalue weighted by atomic mass is 10.5. The van der Waals surface area contributed by atoms with Crippen LogP contribution < -0.4 is 4.72 Å². The van der Waals surface area contributed by atoms with Gasteiger partial charge in [0.2, 0.25) is 10.0 Å². The van der Waals surface area contributed by atoms with Crippen molar-refractivity contribution >= 4 is 32.7 Å². The van der Waals surface area contributed by atoms with Crippen LogP contribution in [0.25, 0.3) is 0 Å². The summed E-state index contributed by atoms with van der Waals surface area (Å²) in [5.74, 6) is 0. The molecule has 0 amide bonds. The quantitative estimate of drug-likeness (QED) is 0.927. The second kappa shape index (κ2) is 4.62.